The van der Waals surface area contributed by atoms with Crippen molar-refractivity contribution in [1.29, 1.82) is 0 Å². The van der Waals surface area contributed by atoms with E-state index in [9.17, 15) is 13.2 Å². The molecule has 0 aliphatic rings. The van der Waals surface area contributed by atoms with Gasteiger partial charge in [0, 0.05) is 33.4 Å². The van der Waals surface area contributed by atoms with E-state index in [1.807, 2.05) is 0 Å². The summed E-state index contributed by atoms with van der Waals surface area (Å²) in [4.78, 5) is 7.58. The smallest absolute Gasteiger partial charge is 0.368 e. The van der Waals surface area contributed by atoms with Crippen molar-refractivity contribution in [3.05, 3.63) is 23.9 Å². The van der Waals surface area contributed by atoms with E-state index in [1.165, 1.54) is 12.3 Å². The molecule has 0 aliphatic heterocycles. The summed E-state index contributed by atoms with van der Waals surface area (Å²) in [5.74, 6) is 0.398. The van der Waals surface area contributed by atoms with Crippen molar-refractivity contribution in [3.63, 3.8) is 0 Å². The molecule has 1 rings (SSSR count). The highest BCUT2D eigenvalue weighted by atomic mass is 19.4. The van der Waals surface area contributed by atoms with E-state index < -0.39 is 11.7 Å². The molecule has 106 valence electrons. The zero-order chi connectivity index (χ0) is 14.3. The second kappa shape index (κ2) is 6.81. The minimum atomic E-state index is -4.41. The number of halogens is 3. The van der Waals surface area contributed by atoms with Crippen LogP contribution in [-0.4, -0.2) is 38.1 Å². The first kappa shape index (κ1) is 15.1. The number of alkyl halides is 3. The summed E-state index contributed by atoms with van der Waals surface area (Å²) in [5, 5.41) is 8.36. The van der Waals surface area contributed by atoms with Crippen molar-refractivity contribution in [3.8, 4) is 0 Å². The van der Waals surface area contributed by atoms with Crippen molar-refractivity contribution in [2.75, 3.05) is 32.5 Å². The van der Waals surface area contributed by atoms with Crippen LogP contribution in [-0.2, 0) is 6.18 Å². The van der Waals surface area contributed by atoms with Crippen LogP contribution in [0.1, 0.15) is 5.56 Å². The minimum Gasteiger partial charge on any atom is -0.368 e. The fourth-order valence-corrected chi connectivity index (χ4v) is 1.42. The third-order valence-corrected chi connectivity index (χ3v) is 2.28. The summed E-state index contributed by atoms with van der Waals surface area (Å²) in [6, 6.07) is 2.25. The molecule has 1 heterocycles. The molecular formula is C11H16F3N5. The molecule has 0 fully saturated rings. The van der Waals surface area contributed by atoms with Crippen LogP contribution in [0.5, 0.6) is 0 Å². The Balaban J connectivity index is 2.55. The second-order valence-corrected chi connectivity index (χ2v) is 3.57. The van der Waals surface area contributed by atoms with Crippen molar-refractivity contribution in [1.82, 2.24) is 15.6 Å². The molecule has 0 unspecified atom stereocenters. The van der Waals surface area contributed by atoms with Crippen LogP contribution in [0.3, 0.4) is 0 Å². The van der Waals surface area contributed by atoms with E-state index in [1.54, 1.807) is 14.1 Å². The van der Waals surface area contributed by atoms with Crippen molar-refractivity contribution < 1.29 is 13.2 Å². The average molecular weight is 275 g/mol. The van der Waals surface area contributed by atoms with Crippen molar-refractivity contribution in [2.24, 2.45) is 4.99 Å². The lowest BCUT2D eigenvalue weighted by molar-refractivity contribution is -0.137. The molecule has 0 atom stereocenters. The molecule has 0 saturated heterocycles. The van der Waals surface area contributed by atoms with Crippen LogP contribution in [0.2, 0.25) is 0 Å². The maximum Gasteiger partial charge on any atom is 0.419 e. The number of aliphatic imine (C=N–C) groups is 1. The van der Waals surface area contributed by atoms with Gasteiger partial charge in [-0.15, -0.1) is 0 Å². The molecule has 0 amide bonds. The first-order chi connectivity index (χ1) is 8.99. The van der Waals surface area contributed by atoms with Gasteiger partial charge in [-0.1, -0.05) is 0 Å². The van der Waals surface area contributed by atoms with Crippen LogP contribution < -0.4 is 16.0 Å². The van der Waals surface area contributed by atoms with Gasteiger partial charge in [0.15, 0.2) is 5.96 Å². The highest BCUT2D eigenvalue weighted by molar-refractivity contribution is 5.79. The third kappa shape index (κ3) is 4.65. The lowest BCUT2D eigenvalue weighted by atomic mass is 10.2. The van der Waals surface area contributed by atoms with Gasteiger partial charge in [0.05, 0.1) is 5.56 Å². The monoisotopic (exact) mass is 275 g/mol. The molecular weight excluding hydrogens is 259 g/mol. The van der Waals surface area contributed by atoms with Crippen molar-refractivity contribution >= 4 is 11.8 Å². The predicted octanol–water partition coefficient (Wildman–Crippen LogP) is 1.31. The number of hydrogen-bond donors (Lipinski definition) is 3. The van der Waals surface area contributed by atoms with E-state index in [-0.39, 0.29) is 5.82 Å². The molecule has 19 heavy (non-hydrogen) atoms. The summed E-state index contributed by atoms with van der Waals surface area (Å²) in [7, 11) is 3.30. The molecule has 3 N–H and O–H groups in total. The topological polar surface area (TPSA) is 61.3 Å². The number of nitrogens with zero attached hydrogens (tertiary/aromatic N) is 2. The van der Waals surface area contributed by atoms with E-state index in [0.717, 1.165) is 6.07 Å². The van der Waals surface area contributed by atoms with Gasteiger partial charge < -0.3 is 16.0 Å². The first-order valence-electron chi connectivity index (χ1n) is 5.63. The lowest BCUT2D eigenvalue weighted by Crippen LogP contribution is -2.37. The SMILES string of the molecule is CN=C(NC)NCCNc1ncccc1C(F)(F)F. The molecule has 5 nitrogen and oxygen atoms in total. The molecule has 1 aromatic rings. The number of guanidine groups is 1. The highest BCUT2D eigenvalue weighted by Crippen LogP contribution is 2.33. The Labute approximate surface area is 109 Å². The van der Waals surface area contributed by atoms with E-state index in [4.69, 9.17) is 0 Å². The second-order valence-electron chi connectivity index (χ2n) is 3.57. The van der Waals surface area contributed by atoms with Gasteiger partial charge in [-0.2, -0.15) is 13.2 Å². The lowest BCUT2D eigenvalue weighted by Gasteiger charge is -2.14. The number of nitrogens with one attached hydrogen (secondary N) is 3. The zero-order valence-electron chi connectivity index (χ0n) is 10.7. The fraction of sp³-hybridized carbons (Fsp3) is 0.455. The van der Waals surface area contributed by atoms with Crippen LogP contribution in [0.4, 0.5) is 19.0 Å². The van der Waals surface area contributed by atoms with Gasteiger partial charge in [-0.25, -0.2) is 4.98 Å². The quantitative estimate of drug-likeness (QED) is 0.440. The summed E-state index contributed by atoms with van der Waals surface area (Å²) in [5.41, 5.74) is -0.770. The zero-order valence-corrected chi connectivity index (χ0v) is 10.7. The molecule has 1 aromatic heterocycles. The van der Waals surface area contributed by atoms with Gasteiger partial charge in [0.2, 0.25) is 0 Å². The van der Waals surface area contributed by atoms with Gasteiger partial charge in [-0.05, 0) is 12.1 Å². The Hall–Kier alpha value is -1.99. The highest BCUT2D eigenvalue weighted by Gasteiger charge is 2.33. The van der Waals surface area contributed by atoms with Gasteiger partial charge in [-0.3, -0.25) is 4.99 Å². The number of rotatable bonds is 4. The van der Waals surface area contributed by atoms with Crippen LogP contribution in [0.25, 0.3) is 0 Å². The maximum absolute atomic E-state index is 12.7. The van der Waals surface area contributed by atoms with Gasteiger partial charge >= 0.3 is 6.18 Å². The maximum atomic E-state index is 12.7. The first-order valence-corrected chi connectivity index (χ1v) is 5.63. The standard InChI is InChI=1S/C11H16F3N5/c1-15-10(16-2)19-7-6-18-9-8(11(12,13)14)4-3-5-17-9/h3-5H,6-7H2,1-2H3,(H,17,18)(H2,15,16,19). The van der Waals surface area contributed by atoms with Crippen molar-refractivity contribution in [2.45, 2.75) is 6.18 Å². The number of pyridine rings is 1. The normalized spacial score (nSPS) is 12.2. The number of anilines is 1. The Morgan fingerprint density at radius 2 is 2.11 bits per heavy atom. The van der Waals surface area contributed by atoms with Crippen LogP contribution >= 0.6 is 0 Å². The summed E-state index contributed by atoms with van der Waals surface area (Å²) in [6.45, 7) is 0.710. The van der Waals surface area contributed by atoms with Crippen LogP contribution in [0, 0.1) is 0 Å². The Morgan fingerprint density at radius 3 is 2.68 bits per heavy atom. The van der Waals surface area contributed by atoms with Gasteiger partial charge in [0.25, 0.3) is 0 Å². The minimum absolute atomic E-state index is 0.170. The predicted molar refractivity (Wildman–Crippen MR) is 68.2 cm³/mol. The summed E-state index contributed by atoms with van der Waals surface area (Å²) in [6.07, 6.45) is -3.09. The van der Waals surface area contributed by atoms with E-state index >= 15 is 0 Å². The molecule has 8 heteroatoms. The molecule has 0 saturated carbocycles. The summed E-state index contributed by atoms with van der Waals surface area (Å²) < 4.78 is 38.0. The molecule has 0 spiro atoms. The largest absolute Gasteiger partial charge is 0.419 e. The average Bonchev–Trinajstić information content (AvgIpc) is 2.38. The Kier molecular flexibility index (Phi) is 5.40. The third-order valence-electron chi connectivity index (χ3n) is 2.28. The fourth-order valence-electron chi connectivity index (χ4n) is 1.42. The Bertz CT molecular complexity index is 431. The summed E-state index contributed by atoms with van der Waals surface area (Å²) >= 11 is 0. The number of hydrogen-bond acceptors (Lipinski definition) is 3. The molecule has 0 aromatic carbocycles. The van der Waals surface area contributed by atoms with E-state index in [2.05, 4.69) is 25.9 Å². The van der Waals surface area contributed by atoms with E-state index in [0.29, 0.717) is 19.0 Å². The molecule has 0 aliphatic carbocycles. The van der Waals surface area contributed by atoms with Gasteiger partial charge in [0.1, 0.15) is 5.82 Å². The number of aromatic nitrogens is 1. The Morgan fingerprint density at radius 1 is 1.37 bits per heavy atom. The molecule has 0 radical (unpaired) electrons. The molecule has 0 bridgehead atoms. The van der Waals surface area contributed by atoms with Crippen LogP contribution in [0.15, 0.2) is 23.3 Å².